The molecule has 3 atom stereocenters. The number of aryl methyl sites for hydroxylation is 1. The van der Waals surface area contributed by atoms with E-state index in [4.69, 9.17) is 4.74 Å². The highest BCUT2D eigenvalue weighted by Gasteiger charge is 2.34. The minimum absolute atomic E-state index is 0.00196. The first kappa shape index (κ1) is 27.3. The van der Waals surface area contributed by atoms with Gasteiger partial charge in [0.1, 0.15) is 5.69 Å². The van der Waals surface area contributed by atoms with Crippen molar-refractivity contribution in [3.63, 3.8) is 0 Å². The molecule has 9 heteroatoms. The number of nitrogens with zero attached hydrogens (tertiary/aromatic N) is 3. The summed E-state index contributed by atoms with van der Waals surface area (Å²) in [4.78, 5) is 16.0. The van der Waals surface area contributed by atoms with Crippen molar-refractivity contribution >= 4 is 26.8 Å². The average molecular weight is 528 g/mol. The maximum Gasteiger partial charge on any atom is 0.271 e. The van der Waals surface area contributed by atoms with E-state index < -0.39 is 22.2 Å². The molecule has 2 heterocycles. The number of hydrogen-bond donors (Lipinski definition) is 1. The number of likely N-dealkylation sites (N-methyl/N-ethyl adjacent to an activating group) is 1. The molecule has 8 nitrogen and oxygen atoms in total. The Kier molecular flexibility index (Phi) is 8.08. The van der Waals surface area contributed by atoms with Crippen molar-refractivity contribution in [1.82, 2.24) is 13.8 Å². The number of ether oxygens (including phenoxy) is 1. The van der Waals surface area contributed by atoms with E-state index in [1.165, 1.54) is 4.31 Å². The molecule has 0 bridgehead atoms. The first-order valence-electron chi connectivity index (χ1n) is 12.7. The monoisotopic (exact) mass is 527 g/mol. The van der Waals surface area contributed by atoms with Gasteiger partial charge in [-0.3, -0.25) is 4.79 Å². The van der Waals surface area contributed by atoms with Gasteiger partial charge in [-0.15, -0.1) is 0 Å². The van der Waals surface area contributed by atoms with Crippen molar-refractivity contribution in [2.75, 3.05) is 32.5 Å². The van der Waals surface area contributed by atoms with Gasteiger partial charge in [-0.2, -0.15) is 0 Å². The predicted molar refractivity (Wildman–Crippen MR) is 146 cm³/mol. The van der Waals surface area contributed by atoms with Crippen molar-refractivity contribution in [3.05, 3.63) is 59.8 Å². The molecule has 1 aliphatic heterocycles. The number of aliphatic hydroxyl groups is 1. The van der Waals surface area contributed by atoms with E-state index in [0.717, 1.165) is 27.6 Å². The largest absolute Gasteiger partial charge is 0.394 e. The summed E-state index contributed by atoms with van der Waals surface area (Å²) in [6.45, 7) is 5.97. The Labute approximate surface area is 219 Å². The number of benzene rings is 2. The molecular formula is C28H37N3O5S. The van der Waals surface area contributed by atoms with Crippen LogP contribution in [0.3, 0.4) is 0 Å². The smallest absolute Gasteiger partial charge is 0.271 e. The zero-order valence-electron chi connectivity index (χ0n) is 22.2. The maximum atomic E-state index is 14.3. The number of aromatic nitrogens is 1. The van der Waals surface area contributed by atoms with E-state index in [0.29, 0.717) is 12.2 Å². The standard InChI is InChI=1S/C28H37N3O5S/c1-6-37(34,35)29(4)16-25-19(2)15-31(20(3)17-32)28(33)27-26(22-12-8-7-11-21(22)18-36-25)23-13-9-10-14-24(23)30(27)5/h7-14,19-20,25,32H,6,15-18H2,1-5H3/t19-,20-,25-/m0/s1. The van der Waals surface area contributed by atoms with Gasteiger partial charge in [0.15, 0.2) is 0 Å². The number of carbonyl (C=O) groups excluding carboxylic acids is 1. The molecular weight excluding hydrogens is 490 g/mol. The Balaban J connectivity index is 1.91. The van der Waals surface area contributed by atoms with Crippen LogP contribution in [0.5, 0.6) is 0 Å². The minimum atomic E-state index is -3.41. The molecule has 2 aromatic carbocycles. The van der Waals surface area contributed by atoms with Crippen molar-refractivity contribution in [2.45, 2.75) is 39.5 Å². The summed E-state index contributed by atoms with van der Waals surface area (Å²) in [6.07, 6.45) is -0.460. The number of sulfonamides is 1. The fourth-order valence-electron chi connectivity index (χ4n) is 5.11. The molecule has 200 valence electrons. The van der Waals surface area contributed by atoms with Crippen LogP contribution in [0.25, 0.3) is 22.0 Å². The van der Waals surface area contributed by atoms with E-state index >= 15 is 0 Å². The second kappa shape index (κ2) is 10.9. The summed E-state index contributed by atoms with van der Waals surface area (Å²) in [7, 11) is 0.0573. The van der Waals surface area contributed by atoms with Crippen LogP contribution in [-0.4, -0.2) is 77.8 Å². The van der Waals surface area contributed by atoms with E-state index in [-0.39, 0.29) is 37.3 Å². The van der Waals surface area contributed by atoms with Gasteiger partial charge in [-0.05, 0) is 31.0 Å². The highest BCUT2D eigenvalue weighted by molar-refractivity contribution is 7.89. The third-order valence-electron chi connectivity index (χ3n) is 7.50. The lowest BCUT2D eigenvalue weighted by atomic mass is 9.96. The number of hydrogen-bond acceptors (Lipinski definition) is 5. The van der Waals surface area contributed by atoms with Crippen molar-refractivity contribution in [3.8, 4) is 11.1 Å². The molecule has 0 fully saturated rings. The summed E-state index contributed by atoms with van der Waals surface area (Å²) >= 11 is 0. The Morgan fingerprint density at radius 3 is 2.54 bits per heavy atom. The van der Waals surface area contributed by atoms with E-state index in [2.05, 4.69) is 0 Å². The number of para-hydroxylation sites is 1. The zero-order valence-corrected chi connectivity index (χ0v) is 23.0. The fourth-order valence-corrected chi connectivity index (χ4v) is 5.93. The van der Waals surface area contributed by atoms with Crippen LogP contribution in [0.15, 0.2) is 48.5 Å². The summed E-state index contributed by atoms with van der Waals surface area (Å²) in [5.74, 6) is -0.370. The molecule has 0 aliphatic carbocycles. The number of aliphatic hydroxyl groups excluding tert-OH is 1. The number of rotatable bonds is 6. The van der Waals surface area contributed by atoms with Crippen LogP contribution in [0.1, 0.15) is 36.8 Å². The van der Waals surface area contributed by atoms with Crippen LogP contribution in [0, 0.1) is 5.92 Å². The lowest BCUT2D eigenvalue weighted by molar-refractivity contribution is -0.0147. The summed E-state index contributed by atoms with van der Waals surface area (Å²) in [5.41, 5.74) is 4.18. The van der Waals surface area contributed by atoms with Crippen molar-refractivity contribution in [1.29, 1.82) is 0 Å². The minimum Gasteiger partial charge on any atom is -0.394 e. The van der Waals surface area contributed by atoms with Gasteiger partial charge >= 0.3 is 0 Å². The molecule has 37 heavy (non-hydrogen) atoms. The average Bonchev–Trinajstić information content (AvgIpc) is 3.19. The Bertz CT molecular complexity index is 1380. The van der Waals surface area contributed by atoms with Crippen LogP contribution < -0.4 is 0 Å². The summed E-state index contributed by atoms with van der Waals surface area (Å²) in [6, 6.07) is 15.4. The molecule has 0 spiro atoms. The molecule has 1 amide bonds. The van der Waals surface area contributed by atoms with Gasteiger partial charge < -0.3 is 19.3 Å². The number of fused-ring (bicyclic) bond motifs is 5. The molecule has 4 rings (SSSR count). The molecule has 0 radical (unpaired) electrons. The van der Waals surface area contributed by atoms with E-state index in [1.807, 2.05) is 74.0 Å². The second-order valence-electron chi connectivity index (χ2n) is 9.95. The lowest BCUT2D eigenvalue weighted by Crippen LogP contribution is -2.48. The highest BCUT2D eigenvalue weighted by atomic mass is 32.2. The molecule has 3 aromatic rings. The first-order chi connectivity index (χ1) is 17.6. The van der Waals surface area contributed by atoms with Gasteiger partial charge in [0.25, 0.3) is 5.91 Å². The summed E-state index contributed by atoms with van der Waals surface area (Å²) < 4.78 is 34.8. The van der Waals surface area contributed by atoms with Gasteiger partial charge in [0.2, 0.25) is 10.0 Å². The van der Waals surface area contributed by atoms with Crippen LogP contribution in [0.2, 0.25) is 0 Å². The van der Waals surface area contributed by atoms with Crippen LogP contribution in [0.4, 0.5) is 0 Å². The summed E-state index contributed by atoms with van der Waals surface area (Å²) in [5, 5.41) is 11.0. The highest BCUT2D eigenvalue weighted by Crippen LogP contribution is 2.38. The first-order valence-corrected chi connectivity index (χ1v) is 14.3. The van der Waals surface area contributed by atoms with Gasteiger partial charge in [0, 0.05) is 49.6 Å². The second-order valence-corrected chi connectivity index (χ2v) is 12.3. The molecule has 1 aliphatic rings. The van der Waals surface area contributed by atoms with Crippen LogP contribution >= 0.6 is 0 Å². The quantitative estimate of drug-likeness (QED) is 0.530. The van der Waals surface area contributed by atoms with E-state index in [9.17, 15) is 18.3 Å². The topological polar surface area (TPSA) is 92.1 Å². The SMILES string of the molecule is CCS(=O)(=O)N(C)C[C@@H]1OCc2ccccc2-c2c(n(C)c3ccccc23)C(=O)N([C@@H](C)CO)C[C@@H]1C. The fraction of sp³-hybridized carbons (Fsp3) is 0.464. The Morgan fingerprint density at radius 1 is 1.16 bits per heavy atom. The lowest BCUT2D eigenvalue weighted by Gasteiger charge is -2.34. The number of carbonyl (C=O) groups is 1. The normalized spacial score (nSPS) is 20.0. The van der Waals surface area contributed by atoms with Crippen LogP contribution in [-0.2, 0) is 28.4 Å². The molecule has 1 aromatic heterocycles. The predicted octanol–water partition coefficient (Wildman–Crippen LogP) is 3.48. The molecule has 0 saturated heterocycles. The third-order valence-corrected chi connectivity index (χ3v) is 9.33. The number of amides is 1. The Morgan fingerprint density at radius 2 is 1.84 bits per heavy atom. The van der Waals surface area contributed by atoms with E-state index in [1.54, 1.807) is 18.9 Å². The molecule has 0 saturated carbocycles. The van der Waals surface area contributed by atoms with Gasteiger partial charge in [-0.25, -0.2) is 12.7 Å². The van der Waals surface area contributed by atoms with Gasteiger partial charge in [-0.1, -0.05) is 49.4 Å². The molecule has 0 unspecified atom stereocenters. The zero-order chi connectivity index (χ0) is 26.9. The van der Waals surface area contributed by atoms with Crippen molar-refractivity contribution in [2.24, 2.45) is 13.0 Å². The maximum absolute atomic E-state index is 14.3. The third kappa shape index (κ3) is 5.18. The molecule has 1 N–H and O–H groups in total. The van der Waals surface area contributed by atoms with Crippen molar-refractivity contribution < 1.29 is 23.1 Å². The van der Waals surface area contributed by atoms with Gasteiger partial charge in [0.05, 0.1) is 31.1 Å². The Hall–Kier alpha value is -2.72.